The second-order valence-corrected chi connectivity index (χ2v) is 7.13. The smallest absolute Gasteiger partial charge is 0.236 e. The van der Waals surface area contributed by atoms with Crippen LogP contribution in [0.4, 0.5) is 0 Å². The maximum absolute atomic E-state index is 6.09. The van der Waals surface area contributed by atoms with Crippen molar-refractivity contribution in [2.24, 2.45) is 0 Å². The van der Waals surface area contributed by atoms with Gasteiger partial charge in [0.05, 0.1) is 0 Å². The number of nitrogens with zero attached hydrogens (tertiary/aromatic N) is 2. The minimum atomic E-state index is -0.520. The van der Waals surface area contributed by atoms with Gasteiger partial charge in [0, 0.05) is 0 Å². The molecule has 0 N–H and O–H groups in total. The van der Waals surface area contributed by atoms with Gasteiger partial charge in [0.15, 0.2) is 0 Å². The summed E-state index contributed by atoms with van der Waals surface area (Å²) in [6.45, 7) is 12.8. The van der Waals surface area contributed by atoms with Gasteiger partial charge < -0.3 is 0 Å². The highest BCUT2D eigenvalue weighted by Crippen LogP contribution is 2.14. The zero-order chi connectivity index (χ0) is 12.7. The molecule has 0 radical (unpaired) electrons. The second kappa shape index (κ2) is 4.27. The molecule has 0 spiro atoms. The molecule has 2 nitrogen and oxygen atoms in total. The summed E-state index contributed by atoms with van der Waals surface area (Å²) < 4.78 is 4.26. The Morgan fingerprint density at radius 3 is 1.94 bits per heavy atom. The van der Waals surface area contributed by atoms with E-state index in [9.17, 15) is 0 Å². The van der Waals surface area contributed by atoms with Gasteiger partial charge in [0.1, 0.15) is 23.5 Å². The zero-order valence-electron chi connectivity index (χ0n) is 10.9. The molecule has 0 saturated heterocycles. The summed E-state index contributed by atoms with van der Waals surface area (Å²) in [7, 11) is 0. The molecule has 0 saturated carbocycles. The Morgan fingerprint density at radius 2 is 1.62 bits per heavy atom. The molecule has 1 rings (SSSR count). The molecular formula is C11H20BCl2N2+. The third-order valence-electron chi connectivity index (χ3n) is 2.50. The van der Waals surface area contributed by atoms with Crippen LogP contribution in [0, 0.1) is 0 Å². The van der Waals surface area contributed by atoms with Crippen molar-refractivity contribution in [1.82, 2.24) is 4.57 Å². The normalized spacial score (nSPS) is 13.0. The summed E-state index contributed by atoms with van der Waals surface area (Å²) in [4.78, 5) is 0. The molecule has 0 aliphatic heterocycles. The number of rotatable bonds is 1. The van der Waals surface area contributed by atoms with Crippen LogP contribution in [0.2, 0.25) is 0 Å². The van der Waals surface area contributed by atoms with Crippen LogP contribution in [-0.2, 0) is 11.1 Å². The quantitative estimate of drug-likeness (QED) is 0.543. The van der Waals surface area contributed by atoms with Crippen LogP contribution in [-0.4, -0.2) is 10.1 Å². The third-order valence-corrected chi connectivity index (χ3v) is 2.89. The highest BCUT2D eigenvalue weighted by atomic mass is 35.5. The molecule has 0 aliphatic carbocycles. The van der Waals surface area contributed by atoms with Gasteiger partial charge in [-0.2, -0.15) is 22.9 Å². The Morgan fingerprint density at radius 1 is 1.12 bits per heavy atom. The van der Waals surface area contributed by atoms with Crippen molar-refractivity contribution in [3.8, 4) is 0 Å². The van der Waals surface area contributed by atoms with Crippen molar-refractivity contribution >= 4 is 34.2 Å². The van der Waals surface area contributed by atoms with Crippen LogP contribution >= 0.6 is 22.9 Å². The lowest BCUT2D eigenvalue weighted by Gasteiger charge is -2.21. The number of hydrogen-bond acceptors (Lipinski definition) is 0. The highest BCUT2D eigenvalue weighted by molar-refractivity contribution is 7.38. The molecule has 1 aromatic heterocycles. The lowest BCUT2D eigenvalue weighted by molar-refractivity contribution is -0.737. The van der Waals surface area contributed by atoms with Gasteiger partial charge in [-0.1, -0.05) is 0 Å². The van der Waals surface area contributed by atoms with Crippen LogP contribution in [0.5, 0.6) is 0 Å². The topological polar surface area (TPSA) is 8.81 Å². The van der Waals surface area contributed by atoms with E-state index in [2.05, 4.69) is 50.7 Å². The van der Waals surface area contributed by atoms with E-state index in [1.54, 1.807) is 0 Å². The van der Waals surface area contributed by atoms with E-state index < -0.39 is 5.54 Å². The standard InChI is InChI=1S/C11H20BCl2N2/c1-10(2,3)15-7-8-16(11(4,5)6)9(15)12(13)14/h7-8H,1-6H3/q+1. The van der Waals surface area contributed by atoms with E-state index in [0.717, 1.165) is 5.72 Å². The van der Waals surface area contributed by atoms with Gasteiger partial charge in [0.25, 0.3) is 0 Å². The fraction of sp³-hybridized carbons (Fsp3) is 0.727. The van der Waals surface area contributed by atoms with Crippen LogP contribution in [0.25, 0.3) is 0 Å². The molecule has 5 heteroatoms. The van der Waals surface area contributed by atoms with Crippen molar-refractivity contribution in [2.75, 3.05) is 0 Å². The molecule has 1 aromatic rings. The summed E-state index contributed by atoms with van der Waals surface area (Å²) in [5, 5.41) is 0. The summed E-state index contributed by atoms with van der Waals surface area (Å²) in [6, 6.07) is 0. The van der Waals surface area contributed by atoms with Crippen molar-refractivity contribution in [3.63, 3.8) is 0 Å². The first-order chi connectivity index (χ1) is 7.05. The van der Waals surface area contributed by atoms with Gasteiger partial charge in [-0.25, -0.2) is 9.13 Å². The number of imidazole rings is 1. The lowest BCUT2D eigenvalue weighted by Crippen LogP contribution is -2.64. The molecule has 0 bridgehead atoms. The highest BCUT2D eigenvalue weighted by Gasteiger charge is 2.37. The van der Waals surface area contributed by atoms with Crippen molar-refractivity contribution in [3.05, 3.63) is 12.4 Å². The van der Waals surface area contributed by atoms with Crippen molar-refractivity contribution < 1.29 is 4.57 Å². The van der Waals surface area contributed by atoms with E-state index >= 15 is 0 Å². The van der Waals surface area contributed by atoms with E-state index in [1.807, 2.05) is 12.4 Å². The van der Waals surface area contributed by atoms with Gasteiger partial charge in [0.2, 0.25) is 5.72 Å². The third kappa shape index (κ3) is 2.75. The van der Waals surface area contributed by atoms with Gasteiger partial charge >= 0.3 is 5.54 Å². The maximum atomic E-state index is 6.09. The van der Waals surface area contributed by atoms with E-state index in [4.69, 9.17) is 22.9 Å². The SMILES string of the molecule is CC(C)(C)n1cc[n+](C(C)(C)C)c1B(Cl)Cl. The first-order valence-corrected chi connectivity index (χ1v) is 6.34. The molecular weight excluding hydrogens is 242 g/mol. The maximum Gasteiger partial charge on any atom is 0.482 e. The Balaban J connectivity index is 3.41. The number of halogens is 2. The molecule has 0 aliphatic rings. The van der Waals surface area contributed by atoms with Crippen LogP contribution in [0.3, 0.4) is 0 Å². The monoisotopic (exact) mass is 261 g/mol. The predicted octanol–water partition coefficient (Wildman–Crippen LogP) is 2.46. The lowest BCUT2D eigenvalue weighted by atomic mass is 9.99. The van der Waals surface area contributed by atoms with Gasteiger partial charge in [-0.15, -0.1) is 0 Å². The van der Waals surface area contributed by atoms with Crippen LogP contribution < -0.4 is 10.3 Å². The van der Waals surface area contributed by atoms with E-state index in [1.165, 1.54) is 0 Å². The Labute approximate surface area is 108 Å². The second-order valence-electron chi connectivity index (χ2n) is 6.04. The summed E-state index contributed by atoms with van der Waals surface area (Å²) in [6.07, 6.45) is 4.08. The zero-order valence-corrected chi connectivity index (χ0v) is 12.4. The summed E-state index contributed by atoms with van der Waals surface area (Å²) in [5.41, 5.74) is 0.374. The van der Waals surface area contributed by atoms with E-state index in [-0.39, 0.29) is 11.1 Å². The van der Waals surface area contributed by atoms with Gasteiger partial charge in [-0.3, -0.25) is 0 Å². The number of hydrogen-bond donors (Lipinski definition) is 0. The summed E-state index contributed by atoms with van der Waals surface area (Å²) in [5.74, 6) is 0. The fourth-order valence-electron chi connectivity index (χ4n) is 1.75. The largest absolute Gasteiger partial charge is 0.482 e. The average Bonchev–Trinajstić information content (AvgIpc) is 2.43. The van der Waals surface area contributed by atoms with Crippen molar-refractivity contribution in [1.29, 1.82) is 0 Å². The van der Waals surface area contributed by atoms with Crippen LogP contribution in [0.15, 0.2) is 12.4 Å². The minimum absolute atomic E-state index is 0.0200. The molecule has 90 valence electrons. The Bertz CT molecular complexity index is 341. The fourth-order valence-corrected chi connectivity index (χ4v) is 2.17. The molecule has 0 aromatic carbocycles. The first kappa shape index (κ1) is 13.9. The predicted molar refractivity (Wildman–Crippen MR) is 71.7 cm³/mol. The molecule has 0 amide bonds. The summed E-state index contributed by atoms with van der Waals surface area (Å²) >= 11 is 12.2. The molecule has 0 unspecified atom stereocenters. The molecule has 16 heavy (non-hydrogen) atoms. The minimum Gasteiger partial charge on any atom is -0.236 e. The number of aromatic nitrogens is 2. The average molecular weight is 262 g/mol. The first-order valence-electron chi connectivity index (χ1n) is 5.47. The molecule has 0 atom stereocenters. The molecule has 1 heterocycles. The Kier molecular flexibility index (Phi) is 3.71. The van der Waals surface area contributed by atoms with Gasteiger partial charge in [-0.05, 0) is 41.5 Å². The van der Waals surface area contributed by atoms with Crippen LogP contribution in [0.1, 0.15) is 41.5 Å². The van der Waals surface area contributed by atoms with Crippen molar-refractivity contribution in [2.45, 2.75) is 52.6 Å². The Hall–Kier alpha value is -0.145. The molecule has 0 fully saturated rings. The van der Waals surface area contributed by atoms with E-state index in [0.29, 0.717) is 0 Å².